The van der Waals surface area contributed by atoms with Gasteiger partial charge >= 0.3 is 6.03 Å². The summed E-state index contributed by atoms with van der Waals surface area (Å²) in [6.07, 6.45) is 0. The van der Waals surface area contributed by atoms with Gasteiger partial charge < -0.3 is 0 Å². The lowest BCUT2D eigenvalue weighted by atomic mass is 10.2. The molecule has 1 aromatic carbocycles. The maximum absolute atomic E-state index is 11.4. The molecule has 0 radical (unpaired) electrons. The van der Waals surface area contributed by atoms with Crippen molar-refractivity contribution in [3.63, 3.8) is 0 Å². The van der Waals surface area contributed by atoms with Crippen molar-refractivity contribution in [1.82, 2.24) is 5.32 Å². The lowest BCUT2D eigenvalue weighted by molar-refractivity contribution is -0.117. The van der Waals surface area contributed by atoms with Crippen molar-refractivity contribution in [2.75, 3.05) is 11.4 Å². The van der Waals surface area contributed by atoms with E-state index in [9.17, 15) is 9.59 Å². The third-order valence-corrected chi connectivity index (χ3v) is 3.11. The minimum absolute atomic E-state index is 0.0916. The highest BCUT2D eigenvalue weighted by atomic mass is 79.9. The summed E-state index contributed by atoms with van der Waals surface area (Å²) in [4.78, 5) is 23.8. The molecular formula is C10H9BrN2O2. The van der Waals surface area contributed by atoms with E-state index in [1.807, 2.05) is 25.1 Å². The van der Waals surface area contributed by atoms with Crippen molar-refractivity contribution in [2.45, 2.75) is 6.92 Å². The molecule has 4 nitrogen and oxygen atoms in total. The van der Waals surface area contributed by atoms with Crippen LogP contribution >= 0.6 is 15.9 Å². The van der Waals surface area contributed by atoms with Crippen molar-refractivity contribution in [3.05, 3.63) is 28.2 Å². The van der Waals surface area contributed by atoms with Crippen LogP contribution in [0.15, 0.2) is 22.7 Å². The van der Waals surface area contributed by atoms with Gasteiger partial charge in [0.25, 0.3) is 0 Å². The van der Waals surface area contributed by atoms with Crippen LogP contribution in [0.25, 0.3) is 0 Å². The summed E-state index contributed by atoms with van der Waals surface area (Å²) in [5.41, 5.74) is 1.81. The fourth-order valence-electron chi connectivity index (χ4n) is 1.40. The van der Waals surface area contributed by atoms with Crippen LogP contribution in [0.2, 0.25) is 0 Å². The average Bonchev–Trinajstić information content (AvgIpc) is 2.50. The van der Waals surface area contributed by atoms with Gasteiger partial charge in [0.15, 0.2) is 0 Å². The zero-order valence-corrected chi connectivity index (χ0v) is 9.67. The minimum atomic E-state index is -0.365. The first-order chi connectivity index (χ1) is 7.08. The number of urea groups is 1. The molecular weight excluding hydrogens is 260 g/mol. The molecule has 3 amide bonds. The normalized spacial score (nSPS) is 15.7. The van der Waals surface area contributed by atoms with E-state index in [1.54, 1.807) is 0 Å². The molecule has 1 aromatic rings. The number of imide groups is 1. The summed E-state index contributed by atoms with van der Waals surface area (Å²) in [6.45, 7) is 2.05. The van der Waals surface area contributed by atoms with Gasteiger partial charge in [0.1, 0.15) is 6.54 Å². The molecule has 0 aliphatic carbocycles. The van der Waals surface area contributed by atoms with Crippen molar-refractivity contribution in [2.24, 2.45) is 0 Å². The van der Waals surface area contributed by atoms with Crippen molar-refractivity contribution >= 4 is 33.6 Å². The maximum Gasteiger partial charge on any atom is 0.329 e. The van der Waals surface area contributed by atoms with E-state index >= 15 is 0 Å². The first-order valence-corrected chi connectivity index (χ1v) is 5.25. The Balaban J connectivity index is 2.34. The van der Waals surface area contributed by atoms with Gasteiger partial charge in [-0.05, 0) is 24.6 Å². The highest BCUT2D eigenvalue weighted by Gasteiger charge is 2.27. The number of aryl methyl sites for hydroxylation is 1. The number of carbonyl (C=O) groups excluding carboxylic acids is 2. The summed E-state index contributed by atoms with van der Waals surface area (Å²) in [5.74, 6) is -0.267. The molecule has 1 saturated heterocycles. The number of nitrogens with zero attached hydrogens (tertiary/aromatic N) is 1. The van der Waals surface area contributed by atoms with Crippen LogP contribution in [-0.4, -0.2) is 18.5 Å². The Bertz CT molecular complexity index is 445. The molecule has 1 aliphatic rings. The van der Waals surface area contributed by atoms with Gasteiger partial charge in [-0.25, -0.2) is 4.79 Å². The second kappa shape index (κ2) is 3.66. The topological polar surface area (TPSA) is 49.4 Å². The Morgan fingerprint density at radius 3 is 2.67 bits per heavy atom. The second-order valence-electron chi connectivity index (χ2n) is 3.37. The summed E-state index contributed by atoms with van der Waals surface area (Å²) in [7, 11) is 0. The average molecular weight is 269 g/mol. The van der Waals surface area contributed by atoms with Gasteiger partial charge in [-0.2, -0.15) is 0 Å². The fourth-order valence-corrected chi connectivity index (χ4v) is 1.77. The summed E-state index contributed by atoms with van der Waals surface area (Å²) in [6, 6.07) is 5.18. The van der Waals surface area contributed by atoms with E-state index in [0.717, 1.165) is 15.7 Å². The Kier molecular flexibility index (Phi) is 2.48. The highest BCUT2D eigenvalue weighted by molar-refractivity contribution is 9.10. The smallest absolute Gasteiger partial charge is 0.285 e. The van der Waals surface area contributed by atoms with E-state index in [0.29, 0.717) is 0 Å². The van der Waals surface area contributed by atoms with Crippen LogP contribution in [0.5, 0.6) is 0 Å². The van der Waals surface area contributed by atoms with Gasteiger partial charge in [-0.15, -0.1) is 0 Å². The van der Waals surface area contributed by atoms with Crippen LogP contribution in [0.4, 0.5) is 10.5 Å². The van der Waals surface area contributed by atoms with Crippen LogP contribution in [0.1, 0.15) is 5.56 Å². The highest BCUT2D eigenvalue weighted by Crippen LogP contribution is 2.24. The molecule has 5 heteroatoms. The van der Waals surface area contributed by atoms with Crippen molar-refractivity contribution in [3.8, 4) is 0 Å². The molecule has 1 aliphatic heterocycles. The number of hydrogen-bond acceptors (Lipinski definition) is 2. The fraction of sp³-hybridized carbons (Fsp3) is 0.200. The first-order valence-electron chi connectivity index (χ1n) is 4.45. The van der Waals surface area contributed by atoms with Crippen LogP contribution < -0.4 is 10.2 Å². The lowest BCUT2D eigenvalue weighted by Crippen LogP contribution is -2.27. The SMILES string of the molecule is Cc1ccc(N2CC(=O)NC2=O)cc1Br. The zero-order chi connectivity index (χ0) is 11.0. The third-order valence-electron chi connectivity index (χ3n) is 2.26. The molecule has 1 heterocycles. The van der Waals surface area contributed by atoms with Gasteiger partial charge in [0, 0.05) is 10.2 Å². The van der Waals surface area contributed by atoms with E-state index in [4.69, 9.17) is 0 Å². The summed E-state index contributed by atoms with van der Waals surface area (Å²) < 4.78 is 0.923. The largest absolute Gasteiger partial charge is 0.329 e. The van der Waals surface area contributed by atoms with E-state index < -0.39 is 0 Å². The molecule has 0 saturated carbocycles. The lowest BCUT2D eigenvalue weighted by Gasteiger charge is -2.13. The van der Waals surface area contributed by atoms with Crippen molar-refractivity contribution in [1.29, 1.82) is 0 Å². The quantitative estimate of drug-likeness (QED) is 0.790. The molecule has 1 N–H and O–H groups in total. The minimum Gasteiger partial charge on any atom is -0.285 e. The molecule has 0 unspecified atom stereocenters. The predicted octanol–water partition coefficient (Wildman–Crippen LogP) is 1.81. The molecule has 0 aromatic heterocycles. The van der Waals surface area contributed by atoms with Gasteiger partial charge in [-0.1, -0.05) is 22.0 Å². The van der Waals surface area contributed by atoms with Gasteiger partial charge in [0.05, 0.1) is 0 Å². The van der Waals surface area contributed by atoms with Crippen molar-refractivity contribution < 1.29 is 9.59 Å². The van der Waals surface area contributed by atoms with Crippen LogP contribution in [0, 0.1) is 6.92 Å². The number of amides is 3. The number of rotatable bonds is 1. The molecule has 0 spiro atoms. The standard InChI is InChI=1S/C10H9BrN2O2/c1-6-2-3-7(4-8(6)11)13-5-9(14)12-10(13)15/h2-4H,5H2,1H3,(H,12,14,15). The number of nitrogens with one attached hydrogen (secondary N) is 1. The molecule has 1 fully saturated rings. The number of anilines is 1. The predicted molar refractivity (Wildman–Crippen MR) is 59.8 cm³/mol. The maximum atomic E-state index is 11.4. The zero-order valence-electron chi connectivity index (χ0n) is 8.08. The van der Waals surface area contributed by atoms with E-state index in [2.05, 4.69) is 21.2 Å². The molecule has 78 valence electrons. The monoisotopic (exact) mass is 268 g/mol. The molecule has 2 rings (SSSR count). The van der Waals surface area contributed by atoms with Crippen LogP contribution in [-0.2, 0) is 4.79 Å². The Morgan fingerprint density at radius 2 is 2.13 bits per heavy atom. The van der Waals surface area contributed by atoms with E-state index in [-0.39, 0.29) is 18.5 Å². The van der Waals surface area contributed by atoms with Crippen LogP contribution in [0.3, 0.4) is 0 Å². The third kappa shape index (κ3) is 1.87. The number of carbonyl (C=O) groups is 2. The Morgan fingerprint density at radius 1 is 1.40 bits per heavy atom. The molecule has 0 atom stereocenters. The molecule has 0 bridgehead atoms. The Hall–Kier alpha value is -1.36. The Labute approximate surface area is 95.4 Å². The summed E-state index contributed by atoms with van der Waals surface area (Å²) >= 11 is 3.38. The van der Waals surface area contributed by atoms with E-state index in [1.165, 1.54) is 4.90 Å². The van der Waals surface area contributed by atoms with Gasteiger partial charge in [-0.3, -0.25) is 15.0 Å². The number of benzene rings is 1. The summed E-state index contributed by atoms with van der Waals surface area (Å²) in [5, 5.41) is 2.23. The number of hydrogen-bond donors (Lipinski definition) is 1. The second-order valence-corrected chi connectivity index (χ2v) is 4.23. The number of halogens is 1. The molecule has 15 heavy (non-hydrogen) atoms. The first kappa shape index (κ1) is 10.2. The van der Waals surface area contributed by atoms with Gasteiger partial charge in [0.2, 0.25) is 5.91 Å².